The number of nitrogens with zero attached hydrogens (tertiary/aromatic N) is 3. The third kappa shape index (κ3) is 2.07. The van der Waals surface area contributed by atoms with Crippen molar-refractivity contribution in [1.29, 1.82) is 0 Å². The summed E-state index contributed by atoms with van der Waals surface area (Å²) in [5.41, 5.74) is 3.42. The van der Waals surface area contributed by atoms with Crippen LogP contribution in [0.4, 0.5) is 4.39 Å². The van der Waals surface area contributed by atoms with Crippen LogP contribution in [0.1, 0.15) is 0 Å². The molecule has 3 aromatic rings. The van der Waals surface area contributed by atoms with Crippen molar-refractivity contribution in [3.05, 3.63) is 54.6 Å². The van der Waals surface area contributed by atoms with Crippen LogP contribution in [0.5, 0.6) is 0 Å². The minimum Gasteiger partial charge on any atom is -0.315 e. The maximum Gasteiger partial charge on any atom is 0.200 e. The van der Waals surface area contributed by atoms with Crippen LogP contribution in [0.3, 0.4) is 0 Å². The summed E-state index contributed by atoms with van der Waals surface area (Å²) >= 11 is 0. The normalized spacial score (nSPS) is 16.7. The maximum absolute atomic E-state index is 13.2. The number of hydrogen-bond donors (Lipinski definition) is 0. The first kappa shape index (κ1) is 13.3. The fraction of sp³-hybridized carbons (Fsp3) is 0.125. The van der Waals surface area contributed by atoms with Gasteiger partial charge in [-0.2, -0.15) is 0 Å². The molecule has 4 nitrogen and oxygen atoms in total. The molecule has 4 rings (SSSR count). The molecule has 2 aromatic heterocycles. The molecule has 110 valence electrons. The second kappa shape index (κ2) is 5.14. The molecular formula is C16H12FN3OS. The average molecular weight is 313 g/mol. The van der Waals surface area contributed by atoms with E-state index in [1.807, 2.05) is 16.7 Å². The molecule has 0 aliphatic carbocycles. The Bertz CT molecular complexity index is 859. The van der Waals surface area contributed by atoms with E-state index in [0.29, 0.717) is 17.5 Å². The minimum absolute atomic E-state index is 0.287. The number of pyridine rings is 1. The highest BCUT2D eigenvalue weighted by Crippen LogP contribution is 2.35. The van der Waals surface area contributed by atoms with E-state index >= 15 is 0 Å². The Balaban J connectivity index is 1.97. The van der Waals surface area contributed by atoms with Crippen molar-refractivity contribution in [1.82, 2.24) is 14.5 Å². The molecule has 3 heterocycles. The fourth-order valence-corrected chi connectivity index (χ4v) is 3.84. The van der Waals surface area contributed by atoms with Crippen LogP contribution in [-0.4, -0.2) is 24.5 Å². The molecule has 1 atom stereocenters. The molecular weight excluding hydrogens is 301 g/mol. The predicted octanol–water partition coefficient (Wildman–Crippen LogP) is 2.87. The van der Waals surface area contributed by atoms with Gasteiger partial charge in [0.15, 0.2) is 5.16 Å². The van der Waals surface area contributed by atoms with Gasteiger partial charge in [0.2, 0.25) is 0 Å². The number of hydrogen-bond acceptors (Lipinski definition) is 3. The average Bonchev–Trinajstić information content (AvgIpc) is 3.09. The molecule has 0 spiro atoms. The number of fused-ring (bicyclic) bond motifs is 1. The van der Waals surface area contributed by atoms with Crippen LogP contribution in [0.15, 0.2) is 53.9 Å². The molecule has 0 saturated carbocycles. The second-order valence-corrected chi connectivity index (χ2v) is 6.50. The lowest BCUT2D eigenvalue weighted by Gasteiger charge is -2.07. The number of rotatable bonds is 2. The van der Waals surface area contributed by atoms with Crippen molar-refractivity contribution in [2.45, 2.75) is 11.7 Å². The Morgan fingerprint density at radius 1 is 1.05 bits per heavy atom. The highest BCUT2D eigenvalue weighted by Gasteiger charge is 2.27. The number of benzene rings is 1. The summed E-state index contributed by atoms with van der Waals surface area (Å²) in [7, 11) is -1.08. The Hall–Kier alpha value is -2.34. The SMILES string of the molecule is O=S1CCn2c1nc(-c1ccc(F)cc1)c2-c1ccncc1. The molecule has 0 amide bonds. The summed E-state index contributed by atoms with van der Waals surface area (Å²) in [6.45, 7) is 0.674. The molecule has 1 aliphatic heterocycles. The zero-order valence-corrected chi connectivity index (χ0v) is 12.4. The molecule has 0 fully saturated rings. The van der Waals surface area contributed by atoms with Crippen molar-refractivity contribution in [2.75, 3.05) is 5.75 Å². The first-order chi connectivity index (χ1) is 10.7. The maximum atomic E-state index is 13.2. The monoisotopic (exact) mass is 313 g/mol. The molecule has 0 saturated heterocycles. The van der Waals surface area contributed by atoms with Gasteiger partial charge in [-0.3, -0.25) is 9.19 Å². The van der Waals surface area contributed by atoms with Crippen molar-refractivity contribution in [3.63, 3.8) is 0 Å². The van der Waals surface area contributed by atoms with Crippen LogP contribution >= 0.6 is 0 Å². The third-order valence-electron chi connectivity index (χ3n) is 3.71. The Kier molecular flexibility index (Phi) is 3.11. The molecule has 1 aliphatic rings. The molecule has 6 heteroatoms. The van der Waals surface area contributed by atoms with E-state index in [2.05, 4.69) is 9.97 Å². The summed E-state index contributed by atoms with van der Waals surface area (Å²) in [4.78, 5) is 8.61. The smallest absolute Gasteiger partial charge is 0.200 e. The molecule has 1 aromatic carbocycles. The van der Waals surface area contributed by atoms with E-state index in [0.717, 1.165) is 22.5 Å². The second-order valence-electron chi connectivity index (χ2n) is 5.04. The summed E-state index contributed by atoms with van der Waals surface area (Å²) in [5.74, 6) is 0.300. The standard InChI is InChI=1S/C16H12FN3OS/c17-13-3-1-11(2-4-13)14-15(12-5-7-18-8-6-12)20-9-10-22(21)16(20)19-14/h1-8H,9-10H2. The lowest BCUT2D eigenvalue weighted by atomic mass is 10.1. The minimum atomic E-state index is -1.08. The van der Waals surface area contributed by atoms with E-state index in [1.54, 1.807) is 24.5 Å². The van der Waals surface area contributed by atoms with Crippen molar-refractivity contribution >= 4 is 10.8 Å². The van der Waals surface area contributed by atoms with Gasteiger partial charge in [0.25, 0.3) is 0 Å². The molecule has 0 bridgehead atoms. The highest BCUT2D eigenvalue weighted by molar-refractivity contribution is 7.85. The first-order valence-corrected chi connectivity index (χ1v) is 8.21. The van der Waals surface area contributed by atoms with Gasteiger partial charge in [0, 0.05) is 35.8 Å². The number of imidazole rings is 1. The zero-order chi connectivity index (χ0) is 15.1. The molecule has 22 heavy (non-hydrogen) atoms. The Morgan fingerprint density at radius 2 is 1.77 bits per heavy atom. The molecule has 1 unspecified atom stereocenters. The van der Waals surface area contributed by atoms with Crippen LogP contribution in [-0.2, 0) is 17.3 Å². The number of halogens is 1. The van der Waals surface area contributed by atoms with Crippen LogP contribution < -0.4 is 0 Å². The lowest BCUT2D eigenvalue weighted by molar-refractivity contribution is 0.628. The lowest BCUT2D eigenvalue weighted by Crippen LogP contribution is -1.97. The fourth-order valence-electron chi connectivity index (χ4n) is 2.69. The van der Waals surface area contributed by atoms with Crippen LogP contribution in [0, 0.1) is 5.82 Å². The van der Waals surface area contributed by atoms with Gasteiger partial charge in [-0.15, -0.1) is 0 Å². The Labute approximate surface area is 129 Å². The van der Waals surface area contributed by atoms with Gasteiger partial charge >= 0.3 is 0 Å². The van der Waals surface area contributed by atoms with Gasteiger partial charge < -0.3 is 4.57 Å². The van der Waals surface area contributed by atoms with Crippen molar-refractivity contribution in [3.8, 4) is 22.5 Å². The molecule has 0 radical (unpaired) electrons. The van der Waals surface area contributed by atoms with Crippen molar-refractivity contribution in [2.24, 2.45) is 0 Å². The summed E-state index contributed by atoms with van der Waals surface area (Å²) in [5, 5.41) is 0.589. The van der Waals surface area contributed by atoms with Gasteiger partial charge in [-0.1, -0.05) is 0 Å². The van der Waals surface area contributed by atoms with E-state index in [9.17, 15) is 8.60 Å². The van der Waals surface area contributed by atoms with Gasteiger partial charge in [-0.25, -0.2) is 9.37 Å². The van der Waals surface area contributed by atoms with Gasteiger partial charge in [0.05, 0.1) is 22.2 Å². The van der Waals surface area contributed by atoms with Gasteiger partial charge in [-0.05, 0) is 36.4 Å². The summed E-state index contributed by atoms with van der Waals surface area (Å²) < 4.78 is 27.3. The van der Waals surface area contributed by atoms with Gasteiger partial charge in [0.1, 0.15) is 5.82 Å². The van der Waals surface area contributed by atoms with E-state index < -0.39 is 10.8 Å². The van der Waals surface area contributed by atoms with E-state index in [-0.39, 0.29) is 5.82 Å². The summed E-state index contributed by atoms with van der Waals surface area (Å²) in [6.07, 6.45) is 3.44. The van der Waals surface area contributed by atoms with Crippen LogP contribution in [0.2, 0.25) is 0 Å². The zero-order valence-electron chi connectivity index (χ0n) is 11.6. The predicted molar refractivity (Wildman–Crippen MR) is 82.1 cm³/mol. The highest BCUT2D eigenvalue weighted by atomic mass is 32.2. The topological polar surface area (TPSA) is 47.8 Å². The quantitative estimate of drug-likeness (QED) is 0.731. The first-order valence-electron chi connectivity index (χ1n) is 6.89. The number of aromatic nitrogens is 3. The largest absolute Gasteiger partial charge is 0.315 e. The molecule has 0 N–H and O–H groups in total. The van der Waals surface area contributed by atoms with Crippen LogP contribution in [0.25, 0.3) is 22.5 Å². The van der Waals surface area contributed by atoms with Crippen molar-refractivity contribution < 1.29 is 8.60 Å². The van der Waals surface area contributed by atoms with E-state index in [1.165, 1.54) is 12.1 Å². The Morgan fingerprint density at radius 3 is 2.50 bits per heavy atom. The van der Waals surface area contributed by atoms with E-state index in [4.69, 9.17) is 0 Å². The summed E-state index contributed by atoms with van der Waals surface area (Å²) in [6, 6.07) is 10.0. The third-order valence-corrected chi connectivity index (χ3v) is 4.98.